The summed E-state index contributed by atoms with van der Waals surface area (Å²) in [4.78, 5) is 13.9. The Hall–Kier alpha value is -1.69. The molecule has 6 heteroatoms. The van der Waals surface area contributed by atoms with Crippen LogP contribution in [0.1, 0.15) is 13.3 Å². The zero-order valence-corrected chi connectivity index (χ0v) is 9.27. The third kappa shape index (κ3) is 4.22. The van der Waals surface area contributed by atoms with Crippen molar-refractivity contribution in [3.63, 3.8) is 0 Å². The molecule has 0 aliphatic rings. The minimum atomic E-state index is -0.459. The maximum Gasteiger partial charge on any atom is 0.287 e. The highest BCUT2D eigenvalue weighted by molar-refractivity contribution is 5.39. The maximum atomic E-state index is 10.4. The molecule has 0 unspecified atom stereocenters. The second-order valence-corrected chi connectivity index (χ2v) is 3.34. The first-order chi connectivity index (χ1) is 7.74. The number of hydrogen-bond donors (Lipinski definition) is 2. The van der Waals surface area contributed by atoms with Gasteiger partial charge in [-0.05, 0) is 19.0 Å². The number of pyridine rings is 1. The molecule has 16 heavy (non-hydrogen) atoms. The summed E-state index contributed by atoms with van der Waals surface area (Å²) in [6.07, 6.45) is 2.36. The Labute approximate surface area is 94.2 Å². The van der Waals surface area contributed by atoms with E-state index in [1.807, 2.05) is 0 Å². The van der Waals surface area contributed by atoms with Crippen LogP contribution in [0.25, 0.3) is 0 Å². The van der Waals surface area contributed by atoms with Crippen LogP contribution in [0.3, 0.4) is 0 Å². The Morgan fingerprint density at radius 3 is 2.75 bits per heavy atom. The van der Waals surface area contributed by atoms with E-state index in [9.17, 15) is 10.1 Å². The molecule has 1 aromatic heterocycles. The zero-order chi connectivity index (χ0) is 11.8. The van der Waals surface area contributed by atoms with Gasteiger partial charge in [0.2, 0.25) is 0 Å². The fraction of sp³-hybridized carbons (Fsp3) is 0.500. The lowest BCUT2D eigenvalue weighted by molar-refractivity contribution is -0.385. The molecular formula is C10H16N4O2. The third-order valence-electron chi connectivity index (χ3n) is 1.99. The average Bonchev–Trinajstić information content (AvgIpc) is 2.29. The Morgan fingerprint density at radius 1 is 1.38 bits per heavy atom. The summed E-state index contributed by atoms with van der Waals surface area (Å²) in [5.74, 6) is 0.656. The number of aromatic nitrogens is 1. The number of nitrogens with one attached hydrogen (secondary N) is 2. The van der Waals surface area contributed by atoms with Gasteiger partial charge in [-0.25, -0.2) is 4.98 Å². The third-order valence-corrected chi connectivity index (χ3v) is 1.99. The van der Waals surface area contributed by atoms with E-state index in [-0.39, 0.29) is 5.69 Å². The molecule has 0 bridgehead atoms. The van der Waals surface area contributed by atoms with E-state index in [1.54, 1.807) is 6.07 Å². The van der Waals surface area contributed by atoms with Crippen molar-refractivity contribution in [2.45, 2.75) is 13.3 Å². The molecule has 2 N–H and O–H groups in total. The van der Waals surface area contributed by atoms with Gasteiger partial charge in [-0.3, -0.25) is 10.1 Å². The smallest absolute Gasteiger partial charge is 0.287 e. The number of anilines is 1. The van der Waals surface area contributed by atoms with Crippen LogP contribution in [0, 0.1) is 10.1 Å². The largest absolute Gasteiger partial charge is 0.369 e. The van der Waals surface area contributed by atoms with Crippen molar-refractivity contribution >= 4 is 11.5 Å². The average molecular weight is 224 g/mol. The van der Waals surface area contributed by atoms with Gasteiger partial charge in [0, 0.05) is 19.2 Å². The minimum Gasteiger partial charge on any atom is -0.369 e. The molecule has 0 radical (unpaired) electrons. The van der Waals surface area contributed by atoms with Crippen LogP contribution in [-0.4, -0.2) is 29.5 Å². The molecule has 1 aromatic rings. The lowest BCUT2D eigenvalue weighted by Crippen LogP contribution is -2.22. The molecule has 0 aliphatic carbocycles. The molecule has 0 amide bonds. The van der Waals surface area contributed by atoms with E-state index in [4.69, 9.17) is 0 Å². The molecule has 0 saturated carbocycles. The van der Waals surface area contributed by atoms with Crippen LogP contribution in [0.15, 0.2) is 18.3 Å². The molecule has 6 nitrogen and oxygen atoms in total. The first-order valence-electron chi connectivity index (χ1n) is 5.29. The van der Waals surface area contributed by atoms with E-state index in [2.05, 4.69) is 22.5 Å². The molecule has 0 saturated heterocycles. The van der Waals surface area contributed by atoms with Crippen molar-refractivity contribution in [1.82, 2.24) is 10.3 Å². The highest BCUT2D eigenvalue weighted by Gasteiger charge is 2.04. The van der Waals surface area contributed by atoms with Gasteiger partial charge in [-0.2, -0.15) is 0 Å². The van der Waals surface area contributed by atoms with Gasteiger partial charge in [0.1, 0.15) is 12.0 Å². The van der Waals surface area contributed by atoms with E-state index in [0.29, 0.717) is 5.82 Å². The molecule has 0 aliphatic heterocycles. The summed E-state index contributed by atoms with van der Waals surface area (Å²) >= 11 is 0. The monoisotopic (exact) mass is 224 g/mol. The standard InChI is InChI=1S/C10H16N4O2/c1-2-5-11-6-7-12-10-4-3-9(8-13-10)14(15)16/h3-4,8,11H,2,5-7H2,1H3,(H,12,13). The van der Waals surface area contributed by atoms with E-state index in [1.165, 1.54) is 12.3 Å². The normalized spacial score (nSPS) is 10.1. The van der Waals surface area contributed by atoms with Crippen molar-refractivity contribution in [2.24, 2.45) is 0 Å². The summed E-state index contributed by atoms with van der Waals surface area (Å²) in [6.45, 7) is 4.71. The summed E-state index contributed by atoms with van der Waals surface area (Å²) in [6, 6.07) is 3.05. The first-order valence-corrected chi connectivity index (χ1v) is 5.29. The Balaban J connectivity index is 2.29. The Bertz CT molecular complexity index is 326. The van der Waals surface area contributed by atoms with Crippen LogP contribution >= 0.6 is 0 Å². The molecule has 88 valence electrons. The van der Waals surface area contributed by atoms with Gasteiger partial charge >= 0.3 is 0 Å². The molecule has 0 aromatic carbocycles. The number of nitro groups is 1. The highest BCUT2D eigenvalue weighted by atomic mass is 16.6. The van der Waals surface area contributed by atoms with Gasteiger partial charge in [-0.1, -0.05) is 6.92 Å². The van der Waals surface area contributed by atoms with Gasteiger partial charge in [0.15, 0.2) is 0 Å². The Kier molecular flexibility index (Phi) is 5.21. The van der Waals surface area contributed by atoms with Gasteiger partial charge in [0.25, 0.3) is 5.69 Å². The topological polar surface area (TPSA) is 80.1 Å². The van der Waals surface area contributed by atoms with Crippen LogP contribution in [0.5, 0.6) is 0 Å². The van der Waals surface area contributed by atoms with E-state index < -0.39 is 4.92 Å². The Morgan fingerprint density at radius 2 is 2.19 bits per heavy atom. The molecule has 0 fully saturated rings. The predicted molar refractivity (Wildman–Crippen MR) is 62.5 cm³/mol. The molecule has 1 rings (SSSR count). The lowest BCUT2D eigenvalue weighted by atomic mass is 10.4. The minimum absolute atomic E-state index is 0.00894. The second-order valence-electron chi connectivity index (χ2n) is 3.34. The first kappa shape index (κ1) is 12.4. The fourth-order valence-electron chi connectivity index (χ4n) is 1.18. The van der Waals surface area contributed by atoms with Crippen LogP contribution in [0.4, 0.5) is 11.5 Å². The highest BCUT2D eigenvalue weighted by Crippen LogP contribution is 2.11. The summed E-state index contributed by atoms with van der Waals surface area (Å²) in [5, 5.41) is 16.7. The fourth-order valence-corrected chi connectivity index (χ4v) is 1.18. The lowest BCUT2D eigenvalue weighted by Gasteiger charge is -2.05. The number of hydrogen-bond acceptors (Lipinski definition) is 5. The summed E-state index contributed by atoms with van der Waals surface area (Å²) < 4.78 is 0. The van der Waals surface area contributed by atoms with E-state index in [0.717, 1.165) is 26.1 Å². The molecular weight excluding hydrogens is 208 g/mol. The number of rotatable bonds is 7. The second kappa shape index (κ2) is 6.73. The van der Waals surface area contributed by atoms with Crippen LogP contribution in [0.2, 0.25) is 0 Å². The predicted octanol–water partition coefficient (Wildman–Crippen LogP) is 1.40. The van der Waals surface area contributed by atoms with Crippen molar-refractivity contribution in [2.75, 3.05) is 25.0 Å². The quantitative estimate of drug-likeness (QED) is 0.415. The SMILES string of the molecule is CCCNCCNc1ccc([N+](=O)[O-])cn1. The van der Waals surface area contributed by atoms with Crippen molar-refractivity contribution < 1.29 is 4.92 Å². The van der Waals surface area contributed by atoms with Crippen molar-refractivity contribution in [3.05, 3.63) is 28.4 Å². The van der Waals surface area contributed by atoms with Gasteiger partial charge < -0.3 is 10.6 Å². The van der Waals surface area contributed by atoms with Crippen LogP contribution < -0.4 is 10.6 Å². The van der Waals surface area contributed by atoms with Crippen molar-refractivity contribution in [1.29, 1.82) is 0 Å². The van der Waals surface area contributed by atoms with Gasteiger partial charge in [-0.15, -0.1) is 0 Å². The molecule has 0 atom stereocenters. The summed E-state index contributed by atoms with van der Waals surface area (Å²) in [5.41, 5.74) is 0.00894. The molecule has 1 heterocycles. The number of nitrogens with zero attached hydrogens (tertiary/aromatic N) is 2. The summed E-state index contributed by atoms with van der Waals surface area (Å²) in [7, 11) is 0. The zero-order valence-electron chi connectivity index (χ0n) is 9.27. The maximum absolute atomic E-state index is 10.4. The van der Waals surface area contributed by atoms with E-state index >= 15 is 0 Å². The van der Waals surface area contributed by atoms with Gasteiger partial charge in [0.05, 0.1) is 4.92 Å². The molecule has 0 spiro atoms. The van der Waals surface area contributed by atoms with Crippen molar-refractivity contribution in [3.8, 4) is 0 Å². The van der Waals surface area contributed by atoms with Crippen LogP contribution in [-0.2, 0) is 0 Å².